The van der Waals surface area contributed by atoms with E-state index in [1.807, 2.05) is 45.0 Å². The molecule has 0 bridgehead atoms. The van der Waals surface area contributed by atoms with Crippen LogP contribution in [-0.4, -0.2) is 43.8 Å². The second-order valence-electron chi connectivity index (χ2n) is 9.30. The van der Waals surface area contributed by atoms with Gasteiger partial charge in [0.05, 0.1) is 10.6 Å². The molecule has 2 atom stereocenters. The van der Waals surface area contributed by atoms with E-state index in [1.165, 1.54) is 17.0 Å². The molecule has 1 N–H and O–H groups in total. The van der Waals surface area contributed by atoms with Gasteiger partial charge in [0.25, 0.3) is 10.0 Å². The van der Waals surface area contributed by atoms with E-state index in [1.54, 1.807) is 49.4 Å². The van der Waals surface area contributed by atoms with Gasteiger partial charge in [-0.15, -0.1) is 0 Å². The van der Waals surface area contributed by atoms with E-state index in [4.69, 9.17) is 0 Å². The number of carbonyl (C=O) groups is 2. The lowest BCUT2D eigenvalue weighted by atomic mass is 10.1. The summed E-state index contributed by atoms with van der Waals surface area (Å²) in [5.74, 6) is -0.777. The fourth-order valence-electron chi connectivity index (χ4n) is 3.79. The third-order valence-electron chi connectivity index (χ3n) is 6.37. The molecule has 0 fully saturated rings. The highest BCUT2D eigenvalue weighted by Crippen LogP contribution is 2.26. The van der Waals surface area contributed by atoms with Gasteiger partial charge in [0.15, 0.2) is 0 Å². The number of aryl methyl sites for hydroxylation is 1. The first-order valence-electron chi connectivity index (χ1n) is 12.5. The number of carbonyl (C=O) groups excluding carboxylic acids is 2. The largest absolute Gasteiger partial charge is 0.352 e. The topological polar surface area (TPSA) is 86.8 Å². The first kappa shape index (κ1) is 29.4. The maximum atomic E-state index is 13.9. The molecule has 3 aromatic rings. The van der Waals surface area contributed by atoms with Crippen molar-refractivity contribution in [1.82, 2.24) is 10.2 Å². The number of sulfonamides is 1. The Balaban J connectivity index is 2.00. The summed E-state index contributed by atoms with van der Waals surface area (Å²) in [6.07, 6.45) is 0.747. The van der Waals surface area contributed by atoms with Gasteiger partial charge in [-0.1, -0.05) is 70.9 Å². The number of anilines is 1. The van der Waals surface area contributed by atoms with Gasteiger partial charge in [-0.05, 0) is 69.2 Å². The Bertz CT molecular complexity index is 1330. The normalized spacial score (nSPS) is 12.9. The molecule has 9 heteroatoms. The Morgan fingerprint density at radius 1 is 0.921 bits per heavy atom. The predicted molar refractivity (Wildman–Crippen MR) is 154 cm³/mol. The highest BCUT2D eigenvalue weighted by molar-refractivity contribution is 9.10. The van der Waals surface area contributed by atoms with Gasteiger partial charge >= 0.3 is 0 Å². The molecule has 3 aromatic carbocycles. The summed E-state index contributed by atoms with van der Waals surface area (Å²) in [4.78, 5) is 28.5. The number of rotatable bonds is 11. The van der Waals surface area contributed by atoms with E-state index >= 15 is 0 Å². The lowest BCUT2D eigenvalue weighted by Gasteiger charge is -2.32. The number of hydrogen-bond acceptors (Lipinski definition) is 4. The van der Waals surface area contributed by atoms with Crippen LogP contribution in [0.25, 0.3) is 0 Å². The summed E-state index contributed by atoms with van der Waals surface area (Å²) < 4.78 is 29.3. The van der Waals surface area contributed by atoms with Crippen molar-refractivity contribution in [2.45, 2.75) is 57.6 Å². The van der Waals surface area contributed by atoms with Gasteiger partial charge in [0.2, 0.25) is 11.8 Å². The van der Waals surface area contributed by atoms with Crippen LogP contribution in [0.2, 0.25) is 0 Å². The highest BCUT2D eigenvalue weighted by atomic mass is 79.9. The SMILES string of the molecule is CCC(C)NC(=O)C(C)N(Cc1ccc(C)cc1)C(=O)CN(c1ccc(Br)cc1)S(=O)(=O)c1ccccc1. The summed E-state index contributed by atoms with van der Waals surface area (Å²) >= 11 is 3.38. The molecule has 0 aromatic heterocycles. The van der Waals surface area contributed by atoms with Gasteiger partial charge < -0.3 is 10.2 Å². The summed E-state index contributed by atoms with van der Waals surface area (Å²) in [6.45, 7) is 7.20. The van der Waals surface area contributed by atoms with Gasteiger partial charge in [-0.3, -0.25) is 13.9 Å². The van der Waals surface area contributed by atoms with Gasteiger partial charge in [0, 0.05) is 17.1 Å². The van der Waals surface area contributed by atoms with E-state index in [2.05, 4.69) is 21.2 Å². The van der Waals surface area contributed by atoms with Crippen LogP contribution in [0.4, 0.5) is 5.69 Å². The van der Waals surface area contributed by atoms with E-state index in [0.29, 0.717) is 5.69 Å². The van der Waals surface area contributed by atoms with Crippen molar-refractivity contribution in [2.75, 3.05) is 10.8 Å². The van der Waals surface area contributed by atoms with Crippen LogP contribution in [0.5, 0.6) is 0 Å². The Labute approximate surface area is 234 Å². The molecule has 0 radical (unpaired) electrons. The molecular weight excluding hydrogens is 566 g/mol. The summed E-state index contributed by atoms with van der Waals surface area (Å²) in [5, 5.41) is 2.94. The molecule has 0 saturated heterocycles. The first-order chi connectivity index (χ1) is 18.0. The van der Waals surface area contributed by atoms with Crippen molar-refractivity contribution >= 4 is 43.5 Å². The highest BCUT2D eigenvalue weighted by Gasteiger charge is 2.32. The third kappa shape index (κ3) is 7.45. The average Bonchev–Trinajstić information content (AvgIpc) is 2.91. The lowest BCUT2D eigenvalue weighted by molar-refractivity contribution is -0.139. The van der Waals surface area contributed by atoms with E-state index < -0.39 is 28.5 Å². The van der Waals surface area contributed by atoms with Gasteiger partial charge in [-0.25, -0.2) is 8.42 Å². The third-order valence-corrected chi connectivity index (χ3v) is 8.68. The van der Waals surface area contributed by atoms with Crippen LogP contribution in [0, 0.1) is 6.92 Å². The molecule has 0 aliphatic carbocycles. The molecule has 0 spiro atoms. The number of halogens is 1. The zero-order chi connectivity index (χ0) is 27.9. The van der Waals surface area contributed by atoms with Crippen LogP contribution >= 0.6 is 15.9 Å². The Morgan fingerprint density at radius 2 is 1.53 bits per heavy atom. The molecular formula is C29H34BrN3O4S. The molecule has 7 nitrogen and oxygen atoms in total. The van der Waals surface area contributed by atoms with Crippen molar-refractivity contribution in [2.24, 2.45) is 0 Å². The number of benzene rings is 3. The van der Waals surface area contributed by atoms with Crippen LogP contribution < -0.4 is 9.62 Å². The van der Waals surface area contributed by atoms with Gasteiger partial charge in [0.1, 0.15) is 12.6 Å². The molecule has 202 valence electrons. The minimum absolute atomic E-state index is 0.0565. The van der Waals surface area contributed by atoms with Crippen LogP contribution in [0.1, 0.15) is 38.3 Å². The van der Waals surface area contributed by atoms with Gasteiger partial charge in [-0.2, -0.15) is 0 Å². The fraction of sp³-hybridized carbons (Fsp3) is 0.310. The van der Waals surface area contributed by atoms with Crippen molar-refractivity contribution in [1.29, 1.82) is 0 Å². The predicted octanol–water partition coefficient (Wildman–Crippen LogP) is 5.28. The number of amides is 2. The fourth-order valence-corrected chi connectivity index (χ4v) is 5.49. The van der Waals surface area contributed by atoms with Crippen molar-refractivity contribution in [3.8, 4) is 0 Å². The standard InChI is InChI=1S/C29H34BrN3O4S/c1-5-22(3)31-29(35)23(4)32(19-24-13-11-21(2)12-14-24)28(34)20-33(26-17-15-25(30)16-18-26)38(36,37)27-9-7-6-8-10-27/h6-18,22-23H,5,19-20H2,1-4H3,(H,31,35). The smallest absolute Gasteiger partial charge is 0.264 e. The van der Waals surface area contributed by atoms with E-state index in [9.17, 15) is 18.0 Å². The second kappa shape index (κ2) is 13.1. The van der Waals surface area contributed by atoms with Crippen molar-refractivity contribution < 1.29 is 18.0 Å². The molecule has 3 rings (SSSR count). The number of hydrogen-bond donors (Lipinski definition) is 1. The summed E-state index contributed by atoms with van der Waals surface area (Å²) in [5.41, 5.74) is 2.26. The molecule has 2 unspecified atom stereocenters. The average molecular weight is 601 g/mol. The Morgan fingerprint density at radius 3 is 2.11 bits per heavy atom. The minimum atomic E-state index is -4.07. The molecule has 0 aliphatic rings. The van der Waals surface area contributed by atoms with Crippen molar-refractivity contribution in [3.63, 3.8) is 0 Å². The molecule has 0 heterocycles. The molecule has 0 saturated carbocycles. The Hall–Kier alpha value is -3.17. The number of nitrogens with zero attached hydrogens (tertiary/aromatic N) is 2. The molecule has 2 amide bonds. The van der Waals surface area contributed by atoms with Crippen molar-refractivity contribution in [3.05, 3.63) is 94.5 Å². The van der Waals surface area contributed by atoms with Crippen LogP contribution in [0.3, 0.4) is 0 Å². The van der Waals surface area contributed by atoms with Crippen LogP contribution in [0.15, 0.2) is 88.2 Å². The molecule has 38 heavy (non-hydrogen) atoms. The maximum absolute atomic E-state index is 13.9. The van der Waals surface area contributed by atoms with E-state index in [0.717, 1.165) is 26.3 Å². The first-order valence-corrected chi connectivity index (χ1v) is 14.7. The monoisotopic (exact) mass is 599 g/mol. The quantitative estimate of drug-likeness (QED) is 0.324. The van der Waals surface area contributed by atoms with E-state index in [-0.39, 0.29) is 23.4 Å². The minimum Gasteiger partial charge on any atom is -0.352 e. The number of nitrogens with one attached hydrogen (secondary N) is 1. The lowest BCUT2D eigenvalue weighted by Crippen LogP contribution is -2.52. The summed E-state index contributed by atoms with van der Waals surface area (Å²) in [7, 11) is -4.07. The maximum Gasteiger partial charge on any atom is 0.264 e. The zero-order valence-corrected chi connectivity index (χ0v) is 24.5. The van der Waals surface area contributed by atoms with Crippen LogP contribution in [-0.2, 0) is 26.2 Å². The Kier molecular flexibility index (Phi) is 10.1. The zero-order valence-electron chi connectivity index (χ0n) is 22.1. The summed E-state index contributed by atoms with van der Waals surface area (Å²) in [6, 6.07) is 21.5. The molecule has 0 aliphatic heterocycles. The second-order valence-corrected chi connectivity index (χ2v) is 12.1.